The molecule has 3 rings (SSSR count). The summed E-state index contributed by atoms with van der Waals surface area (Å²) in [5.74, 6) is 0.174. The second kappa shape index (κ2) is 3.55. The van der Waals surface area contributed by atoms with E-state index in [-0.39, 0.29) is 5.84 Å². The van der Waals surface area contributed by atoms with Gasteiger partial charge in [-0.15, -0.1) is 0 Å². The van der Waals surface area contributed by atoms with Crippen molar-refractivity contribution in [3.8, 4) is 0 Å². The van der Waals surface area contributed by atoms with Gasteiger partial charge in [-0.1, -0.05) is 24.3 Å². The third-order valence-corrected chi connectivity index (χ3v) is 2.69. The molecule has 2 heterocycles. The van der Waals surface area contributed by atoms with E-state index in [1.54, 1.807) is 12.4 Å². The number of ether oxygens (including phenoxy) is 1. The summed E-state index contributed by atoms with van der Waals surface area (Å²) in [5.41, 5.74) is 6.43. The molecular weight excluding hydrogens is 218 g/mol. The number of fused-ring (bicyclic) bond motifs is 1. The molecule has 1 atom stereocenters. The monoisotopic (exact) mass is 227 g/mol. The molecule has 0 aliphatic carbocycles. The lowest BCUT2D eigenvalue weighted by Gasteiger charge is -2.11. The first-order valence-corrected chi connectivity index (χ1v) is 5.13. The van der Waals surface area contributed by atoms with Gasteiger partial charge in [-0.2, -0.15) is 4.99 Å². The summed E-state index contributed by atoms with van der Waals surface area (Å²) in [5, 5.41) is 1.93. The van der Waals surface area contributed by atoms with Crippen LogP contribution in [-0.2, 0) is 4.74 Å². The van der Waals surface area contributed by atoms with Crippen molar-refractivity contribution in [3.05, 3.63) is 42.2 Å². The molecule has 1 aromatic heterocycles. The van der Waals surface area contributed by atoms with Crippen LogP contribution in [0.1, 0.15) is 11.7 Å². The Kier molecular flexibility index (Phi) is 2.04. The van der Waals surface area contributed by atoms with Gasteiger partial charge in [0.1, 0.15) is 0 Å². The molecule has 1 aliphatic rings. The Morgan fingerprint density at radius 2 is 2.06 bits per heavy atom. The van der Waals surface area contributed by atoms with E-state index in [9.17, 15) is 4.79 Å². The highest BCUT2D eigenvalue weighted by Gasteiger charge is 2.29. The second-order valence-electron chi connectivity index (χ2n) is 3.75. The van der Waals surface area contributed by atoms with Gasteiger partial charge in [-0.05, 0) is 5.39 Å². The average Bonchev–Trinajstić information content (AvgIpc) is 2.68. The molecule has 1 aromatic carbocycles. The predicted molar refractivity (Wildman–Crippen MR) is 62.6 cm³/mol. The summed E-state index contributed by atoms with van der Waals surface area (Å²) < 4.78 is 5.06. The van der Waals surface area contributed by atoms with Crippen LogP contribution in [-0.4, -0.2) is 16.9 Å². The van der Waals surface area contributed by atoms with Crippen LogP contribution >= 0.6 is 0 Å². The van der Waals surface area contributed by atoms with Gasteiger partial charge in [0.05, 0.1) is 0 Å². The summed E-state index contributed by atoms with van der Waals surface area (Å²) in [6.45, 7) is 0. The van der Waals surface area contributed by atoms with Crippen LogP contribution in [0.5, 0.6) is 0 Å². The molecule has 0 spiro atoms. The van der Waals surface area contributed by atoms with E-state index in [4.69, 9.17) is 10.5 Å². The van der Waals surface area contributed by atoms with Crippen LogP contribution in [0, 0.1) is 0 Å². The maximum Gasteiger partial charge on any atom is 0.436 e. The van der Waals surface area contributed by atoms with E-state index in [1.807, 2.05) is 24.3 Å². The molecule has 5 heteroatoms. The largest absolute Gasteiger partial charge is 0.436 e. The zero-order valence-corrected chi connectivity index (χ0v) is 8.83. The van der Waals surface area contributed by atoms with E-state index in [0.29, 0.717) is 0 Å². The number of nitrogens with zero attached hydrogens (tertiary/aromatic N) is 2. The number of nitrogens with two attached hydrogens (primary N) is 1. The van der Waals surface area contributed by atoms with Crippen LogP contribution in [0.4, 0.5) is 4.79 Å². The quantitative estimate of drug-likeness (QED) is 0.805. The number of pyridine rings is 1. The highest BCUT2D eigenvalue weighted by atomic mass is 16.6. The number of benzene rings is 1. The molecule has 84 valence electrons. The Balaban J connectivity index is 2.18. The molecule has 1 aliphatic heterocycles. The molecule has 5 nitrogen and oxygen atoms in total. The number of aromatic nitrogens is 1. The topological polar surface area (TPSA) is 77.6 Å². The van der Waals surface area contributed by atoms with Crippen LogP contribution in [0.25, 0.3) is 10.8 Å². The first-order chi connectivity index (χ1) is 8.25. The summed E-state index contributed by atoms with van der Waals surface area (Å²) in [6.07, 6.45) is 2.12. The first kappa shape index (κ1) is 9.77. The van der Waals surface area contributed by atoms with Crippen LogP contribution in [0.2, 0.25) is 0 Å². The lowest BCUT2D eigenvalue weighted by Crippen LogP contribution is -2.19. The van der Waals surface area contributed by atoms with E-state index >= 15 is 0 Å². The number of rotatable bonds is 1. The minimum absolute atomic E-state index is 0.174. The summed E-state index contributed by atoms with van der Waals surface area (Å²) in [7, 11) is 0. The number of aliphatic imine (C=N–C) groups is 1. The molecule has 0 fully saturated rings. The standard InChI is InChI=1S/C12H9N3O2/c13-11-10(17-12(16)15-11)9-6-14-5-7-3-1-2-4-8(7)9/h1-6,10H,(H2,13,15,16). The smallest absolute Gasteiger partial charge is 0.431 e. The van der Waals surface area contributed by atoms with Gasteiger partial charge in [0.2, 0.25) is 0 Å². The molecule has 2 aromatic rings. The molecular formula is C12H9N3O2. The van der Waals surface area contributed by atoms with Crippen molar-refractivity contribution in [2.24, 2.45) is 10.7 Å². The van der Waals surface area contributed by atoms with Gasteiger partial charge >= 0.3 is 6.09 Å². The van der Waals surface area contributed by atoms with Gasteiger partial charge in [0.15, 0.2) is 11.9 Å². The highest BCUT2D eigenvalue weighted by Crippen LogP contribution is 2.28. The zero-order valence-electron chi connectivity index (χ0n) is 8.83. The van der Waals surface area contributed by atoms with E-state index in [1.165, 1.54) is 0 Å². The van der Waals surface area contributed by atoms with E-state index in [0.717, 1.165) is 16.3 Å². The summed E-state index contributed by atoms with van der Waals surface area (Å²) >= 11 is 0. The minimum Gasteiger partial charge on any atom is -0.431 e. The first-order valence-electron chi connectivity index (χ1n) is 5.13. The van der Waals surface area contributed by atoms with Crippen molar-refractivity contribution < 1.29 is 9.53 Å². The summed E-state index contributed by atoms with van der Waals surface area (Å²) in [6, 6.07) is 7.71. The van der Waals surface area contributed by atoms with Crippen molar-refractivity contribution in [2.45, 2.75) is 6.10 Å². The van der Waals surface area contributed by atoms with Crippen molar-refractivity contribution in [1.29, 1.82) is 0 Å². The Labute approximate surface area is 96.9 Å². The lowest BCUT2D eigenvalue weighted by molar-refractivity contribution is 0.149. The van der Waals surface area contributed by atoms with Gasteiger partial charge in [0.25, 0.3) is 0 Å². The van der Waals surface area contributed by atoms with Crippen molar-refractivity contribution in [1.82, 2.24) is 4.98 Å². The number of hydrogen-bond acceptors (Lipinski definition) is 4. The molecule has 17 heavy (non-hydrogen) atoms. The fourth-order valence-corrected chi connectivity index (χ4v) is 1.92. The Bertz CT molecular complexity index is 631. The number of hydrogen-bond donors (Lipinski definition) is 1. The molecule has 1 unspecified atom stereocenters. The van der Waals surface area contributed by atoms with E-state index < -0.39 is 12.2 Å². The zero-order chi connectivity index (χ0) is 11.8. The molecule has 0 saturated heterocycles. The van der Waals surface area contributed by atoms with E-state index in [2.05, 4.69) is 9.98 Å². The van der Waals surface area contributed by atoms with Crippen LogP contribution in [0.3, 0.4) is 0 Å². The SMILES string of the molecule is NC1=NC(=O)OC1c1cncc2ccccc12. The Morgan fingerprint density at radius 3 is 2.82 bits per heavy atom. The molecule has 0 saturated carbocycles. The van der Waals surface area contributed by atoms with Crippen molar-refractivity contribution in [3.63, 3.8) is 0 Å². The van der Waals surface area contributed by atoms with Gasteiger partial charge in [-0.3, -0.25) is 4.98 Å². The fourth-order valence-electron chi connectivity index (χ4n) is 1.92. The second-order valence-corrected chi connectivity index (χ2v) is 3.75. The van der Waals surface area contributed by atoms with Crippen LogP contribution in [0.15, 0.2) is 41.7 Å². The number of carbonyl (C=O) groups excluding carboxylic acids is 1. The fraction of sp³-hybridized carbons (Fsp3) is 0.0833. The number of carbonyl (C=O) groups is 1. The van der Waals surface area contributed by atoms with Crippen molar-refractivity contribution >= 4 is 22.7 Å². The van der Waals surface area contributed by atoms with Crippen molar-refractivity contribution in [2.75, 3.05) is 0 Å². The summed E-state index contributed by atoms with van der Waals surface area (Å²) in [4.78, 5) is 18.7. The lowest BCUT2D eigenvalue weighted by atomic mass is 10.0. The Hall–Kier alpha value is -2.43. The highest BCUT2D eigenvalue weighted by molar-refractivity contribution is 6.01. The van der Waals surface area contributed by atoms with Gasteiger partial charge in [0, 0.05) is 23.3 Å². The maximum atomic E-state index is 11.1. The average molecular weight is 227 g/mol. The number of cyclic esters (lactones) is 1. The number of amidine groups is 1. The Morgan fingerprint density at radius 1 is 1.24 bits per heavy atom. The molecule has 2 N–H and O–H groups in total. The third-order valence-electron chi connectivity index (χ3n) is 2.69. The predicted octanol–water partition coefficient (Wildman–Crippen LogP) is 1.78. The normalized spacial score (nSPS) is 19.2. The third kappa shape index (κ3) is 1.52. The molecule has 0 radical (unpaired) electrons. The van der Waals surface area contributed by atoms with Crippen LogP contribution < -0.4 is 5.73 Å². The molecule has 0 bridgehead atoms. The maximum absolute atomic E-state index is 11.1. The minimum atomic E-state index is -0.652. The molecule has 1 amide bonds. The van der Waals surface area contributed by atoms with Gasteiger partial charge < -0.3 is 10.5 Å². The number of amides is 1. The van der Waals surface area contributed by atoms with Gasteiger partial charge in [-0.25, -0.2) is 4.79 Å².